The maximum absolute atomic E-state index is 12.6. The second-order valence-corrected chi connectivity index (χ2v) is 2.01. The molecule has 0 saturated carbocycles. The smallest absolute Gasteiger partial charge is 0.149 e. The number of azide groups is 1. The minimum atomic E-state index is -0.933. The van der Waals surface area contributed by atoms with E-state index in [1.165, 1.54) is 0 Å². The maximum atomic E-state index is 12.6. The molecule has 0 aliphatic heterocycles. The van der Waals surface area contributed by atoms with Crippen LogP contribution in [0.4, 0.5) is 20.2 Å². The summed E-state index contributed by atoms with van der Waals surface area (Å²) >= 11 is 0. The summed E-state index contributed by atoms with van der Waals surface area (Å²) in [6.07, 6.45) is 0. The summed E-state index contributed by atoms with van der Waals surface area (Å²) in [7, 11) is 0. The third-order valence-corrected chi connectivity index (χ3v) is 1.22. The van der Waals surface area contributed by atoms with Crippen LogP contribution in [0.2, 0.25) is 0 Å². The molecular formula is C6H4F2N4. The molecule has 6 heteroatoms. The molecule has 0 amide bonds. The molecule has 62 valence electrons. The van der Waals surface area contributed by atoms with Gasteiger partial charge in [-0.1, -0.05) is 5.11 Å². The molecule has 1 aromatic rings. The average molecular weight is 170 g/mol. The fraction of sp³-hybridized carbons (Fsp3) is 0. The fourth-order valence-electron chi connectivity index (χ4n) is 0.680. The van der Waals surface area contributed by atoms with E-state index < -0.39 is 17.3 Å². The molecule has 0 radical (unpaired) electrons. The number of benzene rings is 1. The largest absolute Gasteiger partial charge is 0.394 e. The molecular weight excluding hydrogens is 166 g/mol. The fourth-order valence-corrected chi connectivity index (χ4v) is 0.680. The Balaban J connectivity index is 3.30. The van der Waals surface area contributed by atoms with Gasteiger partial charge in [-0.15, -0.1) is 0 Å². The van der Waals surface area contributed by atoms with Gasteiger partial charge in [0.05, 0.1) is 0 Å². The number of nitrogens with two attached hydrogens (primary N) is 1. The number of anilines is 1. The van der Waals surface area contributed by atoms with E-state index in [9.17, 15) is 8.78 Å². The Kier molecular flexibility index (Phi) is 2.11. The molecule has 2 N–H and O–H groups in total. The van der Waals surface area contributed by atoms with Gasteiger partial charge >= 0.3 is 0 Å². The zero-order chi connectivity index (χ0) is 9.14. The highest BCUT2D eigenvalue weighted by molar-refractivity contribution is 5.50. The number of halogens is 2. The minimum absolute atomic E-state index is 0.137. The highest BCUT2D eigenvalue weighted by Gasteiger charge is 2.05. The van der Waals surface area contributed by atoms with Gasteiger partial charge in [-0.25, -0.2) is 8.78 Å². The number of nitrogen functional groups attached to an aromatic ring is 1. The van der Waals surface area contributed by atoms with Gasteiger partial charge in [-0.3, -0.25) is 0 Å². The lowest BCUT2D eigenvalue weighted by molar-refractivity contribution is 0.592. The van der Waals surface area contributed by atoms with Crippen LogP contribution in [0, 0.1) is 11.6 Å². The minimum Gasteiger partial charge on any atom is -0.394 e. The molecule has 12 heavy (non-hydrogen) atoms. The summed E-state index contributed by atoms with van der Waals surface area (Å²) in [5, 5.41) is 3.01. The van der Waals surface area contributed by atoms with Crippen molar-refractivity contribution in [1.29, 1.82) is 0 Å². The van der Waals surface area contributed by atoms with Crippen LogP contribution in [-0.2, 0) is 0 Å². The Morgan fingerprint density at radius 1 is 1.33 bits per heavy atom. The van der Waals surface area contributed by atoms with Crippen LogP contribution < -0.4 is 5.73 Å². The van der Waals surface area contributed by atoms with Crippen molar-refractivity contribution >= 4 is 11.4 Å². The summed E-state index contributed by atoms with van der Waals surface area (Å²) in [4.78, 5) is 2.37. The van der Waals surface area contributed by atoms with Crippen molar-refractivity contribution in [3.63, 3.8) is 0 Å². The molecule has 0 aromatic heterocycles. The number of rotatable bonds is 1. The van der Waals surface area contributed by atoms with Crippen LogP contribution in [0.25, 0.3) is 10.4 Å². The van der Waals surface area contributed by atoms with E-state index in [1.54, 1.807) is 0 Å². The van der Waals surface area contributed by atoms with Crippen LogP contribution in [0.5, 0.6) is 0 Å². The Morgan fingerprint density at radius 3 is 2.25 bits per heavy atom. The quantitative estimate of drug-likeness (QED) is 0.299. The summed E-state index contributed by atoms with van der Waals surface area (Å²) in [5.41, 5.74) is 12.2. The lowest BCUT2D eigenvalue weighted by Crippen LogP contribution is -1.93. The molecule has 0 saturated heterocycles. The Hall–Kier alpha value is -1.81. The second-order valence-electron chi connectivity index (χ2n) is 2.01. The number of hydrogen-bond acceptors (Lipinski definition) is 2. The van der Waals surface area contributed by atoms with E-state index in [4.69, 9.17) is 11.3 Å². The molecule has 0 heterocycles. The van der Waals surface area contributed by atoms with Gasteiger partial charge < -0.3 is 5.73 Å². The first-order valence-electron chi connectivity index (χ1n) is 2.94. The predicted molar refractivity (Wildman–Crippen MR) is 39.6 cm³/mol. The molecule has 0 aliphatic rings. The molecule has 0 fully saturated rings. The van der Waals surface area contributed by atoms with E-state index in [-0.39, 0.29) is 5.69 Å². The van der Waals surface area contributed by atoms with Crippen molar-refractivity contribution in [3.05, 3.63) is 34.2 Å². The first-order chi connectivity index (χ1) is 5.65. The molecule has 0 bridgehead atoms. The zero-order valence-corrected chi connectivity index (χ0v) is 5.83. The normalized spacial score (nSPS) is 9.17. The van der Waals surface area contributed by atoms with E-state index in [0.717, 1.165) is 12.1 Å². The Bertz CT molecular complexity index is 334. The van der Waals surface area contributed by atoms with Crippen molar-refractivity contribution < 1.29 is 8.78 Å². The van der Waals surface area contributed by atoms with Crippen molar-refractivity contribution in [2.45, 2.75) is 0 Å². The molecule has 0 aliphatic carbocycles. The van der Waals surface area contributed by atoms with Gasteiger partial charge in [-0.05, 0) is 17.7 Å². The van der Waals surface area contributed by atoms with Crippen molar-refractivity contribution in [2.24, 2.45) is 5.11 Å². The van der Waals surface area contributed by atoms with Gasteiger partial charge in [0, 0.05) is 10.6 Å². The second kappa shape index (κ2) is 3.06. The monoisotopic (exact) mass is 170 g/mol. The van der Waals surface area contributed by atoms with E-state index in [1.807, 2.05) is 0 Å². The molecule has 4 nitrogen and oxygen atoms in total. The standard InChI is InChI=1S/C6H4F2N4/c7-4-1-3(11-12-10)2-5(8)6(4)9/h1-2H,9H2. The van der Waals surface area contributed by atoms with Crippen molar-refractivity contribution in [3.8, 4) is 0 Å². The average Bonchev–Trinajstić information content (AvgIpc) is 2.01. The summed E-state index contributed by atoms with van der Waals surface area (Å²) in [6.45, 7) is 0. The first kappa shape index (κ1) is 8.29. The van der Waals surface area contributed by atoms with E-state index in [2.05, 4.69) is 10.0 Å². The highest BCUT2D eigenvalue weighted by atomic mass is 19.1. The highest BCUT2D eigenvalue weighted by Crippen LogP contribution is 2.22. The molecule has 1 aromatic carbocycles. The summed E-state index contributed by atoms with van der Waals surface area (Å²) < 4.78 is 25.2. The van der Waals surface area contributed by atoms with Crippen LogP contribution in [-0.4, -0.2) is 0 Å². The lowest BCUT2D eigenvalue weighted by Gasteiger charge is -1.98. The van der Waals surface area contributed by atoms with Gasteiger partial charge in [0.25, 0.3) is 0 Å². The molecule has 1 rings (SSSR count). The van der Waals surface area contributed by atoms with Crippen molar-refractivity contribution in [2.75, 3.05) is 5.73 Å². The van der Waals surface area contributed by atoms with E-state index >= 15 is 0 Å². The lowest BCUT2D eigenvalue weighted by atomic mass is 10.2. The Labute approximate surface area is 66.2 Å². The van der Waals surface area contributed by atoms with Crippen LogP contribution in [0.15, 0.2) is 17.2 Å². The van der Waals surface area contributed by atoms with Crippen LogP contribution >= 0.6 is 0 Å². The number of hydrogen-bond donors (Lipinski definition) is 1. The molecule has 0 atom stereocenters. The van der Waals surface area contributed by atoms with Crippen LogP contribution in [0.3, 0.4) is 0 Å². The topological polar surface area (TPSA) is 74.8 Å². The van der Waals surface area contributed by atoms with Gasteiger partial charge in [-0.2, -0.15) is 0 Å². The Morgan fingerprint density at radius 2 is 1.83 bits per heavy atom. The molecule has 0 spiro atoms. The first-order valence-corrected chi connectivity index (χ1v) is 2.94. The third kappa shape index (κ3) is 1.43. The molecule has 0 unspecified atom stereocenters. The zero-order valence-electron chi connectivity index (χ0n) is 5.83. The maximum Gasteiger partial charge on any atom is 0.149 e. The SMILES string of the molecule is [N-]=[N+]=Nc1cc(F)c(N)c(F)c1. The van der Waals surface area contributed by atoms with Crippen molar-refractivity contribution in [1.82, 2.24) is 0 Å². The number of nitrogens with zero attached hydrogens (tertiary/aromatic N) is 3. The predicted octanol–water partition coefficient (Wildman–Crippen LogP) is 2.49. The summed E-state index contributed by atoms with van der Waals surface area (Å²) in [5.74, 6) is -1.87. The van der Waals surface area contributed by atoms with Gasteiger partial charge in [0.1, 0.15) is 17.3 Å². The summed E-state index contributed by atoms with van der Waals surface area (Å²) in [6, 6.07) is 1.72. The van der Waals surface area contributed by atoms with Gasteiger partial charge in [0.2, 0.25) is 0 Å². The van der Waals surface area contributed by atoms with Crippen LogP contribution in [0.1, 0.15) is 0 Å². The van der Waals surface area contributed by atoms with E-state index in [0.29, 0.717) is 0 Å². The van der Waals surface area contributed by atoms with Gasteiger partial charge in [0.15, 0.2) is 0 Å². The third-order valence-electron chi connectivity index (χ3n) is 1.22.